The predicted octanol–water partition coefficient (Wildman–Crippen LogP) is 4.26. The minimum atomic E-state index is 0.323. The van der Waals surface area contributed by atoms with E-state index in [1.54, 1.807) is 12.1 Å². The molecule has 0 aliphatic heterocycles. The van der Waals surface area contributed by atoms with Crippen LogP contribution in [0.15, 0.2) is 54.6 Å². The number of nitrogen functional groups attached to an aromatic ring is 1. The molecule has 0 atom stereocenters. The van der Waals surface area contributed by atoms with Crippen LogP contribution in [0.3, 0.4) is 0 Å². The third kappa shape index (κ3) is 2.33. The number of fused-ring (bicyclic) bond motifs is 1. The Morgan fingerprint density at radius 3 is 2.63 bits per heavy atom. The Morgan fingerprint density at radius 2 is 1.74 bits per heavy atom. The molecule has 3 aromatic rings. The molecule has 94 valence electrons. The molecule has 3 rings (SSSR count). The van der Waals surface area contributed by atoms with Crippen molar-refractivity contribution in [1.29, 1.82) is 0 Å². The summed E-state index contributed by atoms with van der Waals surface area (Å²) in [5, 5.41) is 2.45. The van der Waals surface area contributed by atoms with E-state index >= 15 is 0 Å². The third-order valence-corrected chi connectivity index (χ3v) is 3.02. The maximum atomic E-state index is 5.85. The summed E-state index contributed by atoms with van der Waals surface area (Å²) in [4.78, 5) is 4.09. The molecule has 19 heavy (non-hydrogen) atoms. The van der Waals surface area contributed by atoms with Crippen LogP contribution in [0.2, 0.25) is 5.15 Å². The van der Waals surface area contributed by atoms with E-state index < -0.39 is 0 Å². The summed E-state index contributed by atoms with van der Waals surface area (Å²) in [6.07, 6.45) is 0. The van der Waals surface area contributed by atoms with Crippen molar-refractivity contribution < 1.29 is 4.74 Å². The van der Waals surface area contributed by atoms with Crippen LogP contribution < -0.4 is 10.5 Å². The molecule has 0 amide bonds. The average molecular weight is 271 g/mol. The normalized spacial score (nSPS) is 10.6. The van der Waals surface area contributed by atoms with Gasteiger partial charge in [-0.2, -0.15) is 4.98 Å². The predicted molar refractivity (Wildman–Crippen MR) is 77.7 cm³/mol. The van der Waals surface area contributed by atoms with Crippen LogP contribution in [0.4, 0.5) is 5.69 Å². The van der Waals surface area contributed by atoms with Crippen LogP contribution in [0, 0.1) is 0 Å². The van der Waals surface area contributed by atoms with Crippen LogP contribution in [0.1, 0.15) is 0 Å². The van der Waals surface area contributed by atoms with Crippen molar-refractivity contribution >= 4 is 28.1 Å². The molecule has 0 aliphatic carbocycles. The topological polar surface area (TPSA) is 48.1 Å². The molecule has 0 radical (unpaired) electrons. The van der Waals surface area contributed by atoms with Gasteiger partial charge < -0.3 is 10.5 Å². The van der Waals surface area contributed by atoms with Gasteiger partial charge in [-0.25, -0.2) is 0 Å². The molecular weight excluding hydrogens is 260 g/mol. The molecule has 3 nitrogen and oxygen atoms in total. The molecule has 0 bridgehead atoms. The maximum Gasteiger partial charge on any atom is 0.244 e. The van der Waals surface area contributed by atoms with Crippen LogP contribution in [-0.2, 0) is 0 Å². The lowest BCUT2D eigenvalue weighted by atomic mass is 10.1. The summed E-state index contributed by atoms with van der Waals surface area (Å²) >= 11 is 5.85. The van der Waals surface area contributed by atoms with Crippen molar-refractivity contribution in [2.45, 2.75) is 0 Å². The molecule has 0 unspecified atom stereocenters. The van der Waals surface area contributed by atoms with Crippen LogP contribution in [0.25, 0.3) is 10.8 Å². The summed E-state index contributed by atoms with van der Waals surface area (Å²) in [7, 11) is 0. The van der Waals surface area contributed by atoms with Crippen LogP contribution in [-0.4, -0.2) is 4.98 Å². The van der Waals surface area contributed by atoms with E-state index in [1.165, 1.54) is 0 Å². The molecule has 0 spiro atoms. The second-order valence-corrected chi connectivity index (χ2v) is 4.49. The number of hydrogen-bond donors (Lipinski definition) is 1. The molecule has 0 fully saturated rings. The van der Waals surface area contributed by atoms with Gasteiger partial charge in [0, 0.05) is 5.39 Å². The van der Waals surface area contributed by atoms with Crippen molar-refractivity contribution in [3.63, 3.8) is 0 Å². The summed E-state index contributed by atoms with van der Waals surface area (Å²) in [6.45, 7) is 0. The number of nitrogens with two attached hydrogens (primary N) is 1. The molecule has 0 saturated heterocycles. The number of ether oxygens (including phenoxy) is 1. The lowest BCUT2D eigenvalue weighted by molar-refractivity contribution is 0.471. The zero-order valence-corrected chi connectivity index (χ0v) is 10.8. The number of nitrogens with zero attached hydrogens (tertiary/aromatic N) is 1. The summed E-state index contributed by atoms with van der Waals surface area (Å²) in [6, 6.07) is 17.1. The number of anilines is 1. The van der Waals surface area contributed by atoms with Gasteiger partial charge in [0.1, 0.15) is 10.9 Å². The average Bonchev–Trinajstić information content (AvgIpc) is 2.43. The quantitative estimate of drug-likeness (QED) is 0.708. The first kappa shape index (κ1) is 11.8. The van der Waals surface area contributed by atoms with E-state index in [0.29, 0.717) is 22.5 Å². The SMILES string of the molecule is Nc1ccc(Cl)nc1Oc1cccc2ccccc12. The first-order valence-electron chi connectivity index (χ1n) is 5.82. The molecule has 0 aliphatic rings. The largest absolute Gasteiger partial charge is 0.436 e. The molecular formula is C15H11ClN2O. The number of pyridine rings is 1. The fraction of sp³-hybridized carbons (Fsp3) is 0. The minimum Gasteiger partial charge on any atom is -0.436 e. The van der Waals surface area contributed by atoms with Gasteiger partial charge >= 0.3 is 0 Å². The third-order valence-electron chi connectivity index (χ3n) is 2.81. The smallest absolute Gasteiger partial charge is 0.244 e. The van der Waals surface area contributed by atoms with Crippen molar-refractivity contribution in [1.82, 2.24) is 4.98 Å². The molecule has 1 aromatic heterocycles. The van der Waals surface area contributed by atoms with Gasteiger partial charge in [-0.3, -0.25) is 0 Å². The number of benzene rings is 2. The van der Waals surface area contributed by atoms with Gasteiger partial charge in [0.25, 0.3) is 0 Å². The first-order chi connectivity index (χ1) is 9.24. The standard InChI is InChI=1S/C15H11ClN2O/c16-14-9-8-12(17)15(18-14)19-13-7-3-5-10-4-1-2-6-11(10)13/h1-9H,17H2. The minimum absolute atomic E-state index is 0.323. The highest BCUT2D eigenvalue weighted by Crippen LogP contribution is 2.32. The van der Waals surface area contributed by atoms with Gasteiger partial charge in [0.2, 0.25) is 5.88 Å². The van der Waals surface area contributed by atoms with E-state index in [9.17, 15) is 0 Å². The Morgan fingerprint density at radius 1 is 0.947 bits per heavy atom. The zero-order chi connectivity index (χ0) is 13.2. The Kier molecular flexibility index (Phi) is 2.97. The number of halogens is 1. The summed E-state index contributed by atoms with van der Waals surface area (Å²) in [5.74, 6) is 1.03. The van der Waals surface area contributed by atoms with Gasteiger partial charge in [-0.1, -0.05) is 48.0 Å². The van der Waals surface area contributed by atoms with E-state index in [-0.39, 0.29) is 0 Å². The van der Waals surface area contributed by atoms with Crippen LogP contribution >= 0.6 is 11.6 Å². The zero-order valence-electron chi connectivity index (χ0n) is 10.0. The molecule has 2 N–H and O–H groups in total. The van der Waals surface area contributed by atoms with Crippen molar-refractivity contribution in [2.24, 2.45) is 0 Å². The second-order valence-electron chi connectivity index (χ2n) is 4.11. The highest BCUT2D eigenvalue weighted by Gasteiger charge is 2.07. The monoisotopic (exact) mass is 270 g/mol. The number of rotatable bonds is 2. The second kappa shape index (κ2) is 4.78. The van der Waals surface area contributed by atoms with Crippen LogP contribution in [0.5, 0.6) is 11.6 Å². The molecule has 1 heterocycles. The number of hydrogen-bond acceptors (Lipinski definition) is 3. The van der Waals surface area contributed by atoms with Gasteiger partial charge in [0.05, 0.1) is 5.69 Å². The highest BCUT2D eigenvalue weighted by atomic mass is 35.5. The van der Waals surface area contributed by atoms with Gasteiger partial charge in [-0.05, 0) is 23.6 Å². The maximum absolute atomic E-state index is 5.85. The lowest BCUT2D eigenvalue weighted by Gasteiger charge is -2.10. The van der Waals surface area contributed by atoms with Crippen molar-refractivity contribution in [2.75, 3.05) is 5.73 Å². The van der Waals surface area contributed by atoms with Crippen molar-refractivity contribution in [3.8, 4) is 11.6 Å². The Hall–Kier alpha value is -2.26. The number of aromatic nitrogens is 1. The van der Waals surface area contributed by atoms with E-state index in [1.807, 2.05) is 42.5 Å². The summed E-state index contributed by atoms with van der Waals surface area (Å²) in [5.41, 5.74) is 6.29. The fourth-order valence-corrected chi connectivity index (χ4v) is 2.04. The first-order valence-corrected chi connectivity index (χ1v) is 6.19. The molecule has 0 saturated carbocycles. The Bertz CT molecular complexity index is 738. The Labute approximate surface area is 115 Å². The van der Waals surface area contributed by atoms with Crippen molar-refractivity contribution in [3.05, 3.63) is 59.8 Å². The lowest BCUT2D eigenvalue weighted by Crippen LogP contribution is -1.95. The van der Waals surface area contributed by atoms with E-state index in [0.717, 1.165) is 10.8 Å². The fourth-order valence-electron chi connectivity index (χ4n) is 1.90. The summed E-state index contributed by atoms with van der Waals surface area (Å²) < 4.78 is 5.78. The Balaban J connectivity index is 2.08. The van der Waals surface area contributed by atoms with E-state index in [4.69, 9.17) is 22.1 Å². The van der Waals surface area contributed by atoms with Gasteiger partial charge in [-0.15, -0.1) is 0 Å². The van der Waals surface area contributed by atoms with Gasteiger partial charge in [0.15, 0.2) is 0 Å². The molecule has 2 aromatic carbocycles. The molecule has 4 heteroatoms. The van der Waals surface area contributed by atoms with E-state index in [2.05, 4.69) is 4.98 Å². The highest BCUT2D eigenvalue weighted by molar-refractivity contribution is 6.29.